The molecule has 2 N–H and O–H groups in total. The zero-order valence-corrected chi connectivity index (χ0v) is 17.1. The summed E-state index contributed by atoms with van der Waals surface area (Å²) in [4.78, 5) is 12.0. The molecule has 0 aliphatic heterocycles. The maximum absolute atomic E-state index is 12.2. The number of aliphatic hydroxyl groups is 1. The molecular formula is C20H21ClF3N3O4. The number of hydrogen-bond donors (Lipinski definition) is 2. The minimum absolute atomic E-state index is 0.109. The van der Waals surface area contributed by atoms with Crippen molar-refractivity contribution in [3.63, 3.8) is 0 Å². The van der Waals surface area contributed by atoms with Crippen molar-refractivity contribution in [1.29, 1.82) is 0 Å². The molecule has 1 aliphatic carbocycles. The van der Waals surface area contributed by atoms with Crippen LogP contribution in [0.15, 0.2) is 35.3 Å². The van der Waals surface area contributed by atoms with Crippen molar-refractivity contribution < 1.29 is 32.2 Å². The number of nitrogens with one attached hydrogen (secondary N) is 1. The second-order valence-electron chi connectivity index (χ2n) is 7.27. The van der Waals surface area contributed by atoms with Crippen molar-refractivity contribution in [3.05, 3.63) is 53.2 Å². The highest BCUT2D eigenvalue weighted by Crippen LogP contribution is 2.41. The van der Waals surface area contributed by atoms with Gasteiger partial charge < -0.3 is 14.8 Å². The van der Waals surface area contributed by atoms with Crippen molar-refractivity contribution in [1.82, 2.24) is 15.5 Å². The third-order valence-electron chi connectivity index (χ3n) is 4.87. The lowest BCUT2D eigenvalue weighted by Crippen LogP contribution is -2.34. The molecule has 3 rings (SSSR count). The molecule has 0 bridgehead atoms. The highest BCUT2D eigenvalue weighted by atomic mass is 35.5. The number of alkyl halides is 3. The Balaban J connectivity index is 1.38. The van der Waals surface area contributed by atoms with Gasteiger partial charge in [0.1, 0.15) is 0 Å². The number of hydrogen-bond acceptors (Lipinski definition) is 6. The molecule has 1 aromatic heterocycles. The fraction of sp³-hybridized carbons (Fsp3) is 0.450. The molecule has 1 saturated carbocycles. The smallest absolute Gasteiger partial charge is 0.421 e. The van der Waals surface area contributed by atoms with Crippen LogP contribution in [0, 0.1) is 0 Å². The molecule has 1 unspecified atom stereocenters. The van der Waals surface area contributed by atoms with Crippen LogP contribution in [0.25, 0.3) is 5.57 Å². The fourth-order valence-electron chi connectivity index (χ4n) is 3.11. The predicted molar refractivity (Wildman–Crippen MR) is 105 cm³/mol. The molecule has 7 nitrogen and oxygen atoms in total. The first-order chi connectivity index (χ1) is 14.6. The average Bonchev–Trinajstić information content (AvgIpc) is 3.13. The molecular weight excluding hydrogens is 439 g/mol. The fourth-order valence-corrected chi connectivity index (χ4v) is 3.23. The van der Waals surface area contributed by atoms with Gasteiger partial charge >= 0.3 is 6.36 Å². The highest BCUT2D eigenvalue weighted by Gasteiger charge is 2.42. The summed E-state index contributed by atoms with van der Waals surface area (Å²) >= 11 is 5.80. The van der Waals surface area contributed by atoms with Gasteiger partial charge in [0.25, 0.3) is 0 Å². The second-order valence-corrected chi connectivity index (χ2v) is 7.71. The van der Waals surface area contributed by atoms with Gasteiger partial charge in [-0.05, 0) is 37.0 Å². The summed E-state index contributed by atoms with van der Waals surface area (Å²) in [5, 5.41) is 21.1. The molecule has 1 amide bonds. The Morgan fingerprint density at radius 1 is 1.32 bits per heavy atom. The van der Waals surface area contributed by atoms with E-state index in [0.717, 1.165) is 0 Å². The summed E-state index contributed by atoms with van der Waals surface area (Å²) < 4.78 is 46.0. The van der Waals surface area contributed by atoms with Gasteiger partial charge in [0, 0.05) is 23.1 Å². The summed E-state index contributed by atoms with van der Waals surface area (Å²) in [6.07, 6.45) is -5.98. The van der Waals surface area contributed by atoms with Crippen molar-refractivity contribution in [2.24, 2.45) is 0 Å². The van der Waals surface area contributed by atoms with Crippen molar-refractivity contribution >= 4 is 23.1 Å². The van der Waals surface area contributed by atoms with Crippen LogP contribution in [0.3, 0.4) is 0 Å². The normalized spacial score (nSPS) is 19.5. The number of aliphatic hydroxyl groups excluding tert-OH is 1. The van der Waals surface area contributed by atoms with Gasteiger partial charge in [-0.2, -0.15) is 0 Å². The van der Waals surface area contributed by atoms with Gasteiger partial charge in [-0.1, -0.05) is 30.3 Å². The van der Waals surface area contributed by atoms with Gasteiger partial charge in [-0.15, -0.1) is 23.4 Å². The molecule has 1 aliphatic rings. The number of aromatic nitrogens is 2. The van der Waals surface area contributed by atoms with E-state index in [1.165, 1.54) is 0 Å². The van der Waals surface area contributed by atoms with Gasteiger partial charge in [0.2, 0.25) is 17.7 Å². The van der Waals surface area contributed by atoms with E-state index in [0.29, 0.717) is 22.6 Å². The first-order valence-corrected chi connectivity index (χ1v) is 9.95. The van der Waals surface area contributed by atoms with Gasteiger partial charge in [0.15, 0.2) is 0 Å². The molecule has 31 heavy (non-hydrogen) atoms. The monoisotopic (exact) mass is 459 g/mol. The number of carbonyl (C=O) groups excluding carboxylic acids is 1. The number of benzene rings is 1. The van der Waals surface area contributed by atoms with Crippen LogP contribution >= 0.6 is 11.6 Å². The molecule has 0 spiro atoms. The second kappa shape index (κ2) is 9.80. The molecule has 1 atom stereocenters. The van der Waals surface area contributed by atoms with Crippen LogP contribution in [0.5, 0.6) is 0 Å². The Hall–Kier alpha value is -2.43. The van der Waals surface area contributed by atoms with Crippen LogP contribution in [-0.4, -0.2) is 40.2 Å². The Morgan fingerprint density at radius 2 is 2.00 bits per heavy atom. The highest BCUT2D eigenvalue weighted by molar-refractivity contribution is 6.30. The van der Waals surface area contributed by atoms with Crippen LogP contribution in [0.4, 0.5) is 13.2 Å². The summed E-state index contributed by atoms with van der Waals surface area (Å²) in [7, 11) is 0. The van der Waals surface area contributed by atoms with E-state index in [2.05, 4.69) is 26.8 Å². The Labute approximate surface area is 181 Å². The van der Waals surface area contributed by atoms with Gasteiger partial charge in [0.05, 0.1) is 18.6 Å². The molecule has 1 fully saturated rings. The maximum atomic E-state index is 12.2. The summed E-state index contributed by atoms with van der Waals surface area (Å²) in [5.74, 6) is -0.207. The zero-order valence-electron chi connectivity index (χ0n) is 16.4. The lowest BCUT2D eigenvalue weighted by molar-refractivity contribution is -0.352. The maximum Gasteiger partial charge on any atom is 0.522 e. The first-order valence-electron chi connectivity index (χ1n) is 9.57. The van der Waals surface area contributed by atoms with Crippen LogP contribution in [-0.2, 0) is 9.53 Å². The molecule has 1 aromatic carbocycles. The van der Waals surface area contributed by atoms with Gasteiger partial charge in [-0.3, -0.25) is 9.53 Å². The molecule has 0 saturated heterocycles. The largest absolute Gasteiger partial charge is 0.522 e. The number of halogens is 4. The van der Waals surface area contributed by atoms with E-state index < -0.39 is 18.6 Å². The predicted octanol–water partition coefficient (Wildman–Crippen LogP) is 4.15. The zero-order chi connectivity index (χ0) is 22.6. The van der Waals surface area contributed by atoms with E-state index in [9.17, 15) is 23.1 Å². The van der Waals surface area contributed by atoms with Crippen molar-refractivity contribution in [3.8, 4) is 0 Å². The molecule has 1 heterocycles. The number of nitrogens with zero attached hydrogens (tertiary/aromatic N) is 2. The van der Waals surface area contributed by atoms with E-state index in [1.807, 2.05) is 0 Å². The van der Waals surface area contributed by atoms with Crippen LogP contribution in [0.1, 0.15) is 55.1 Å². The molecule has 2 aromatic rings. The number of rotatable bonds is 9. The SMILES string of the molecule is C=C(CCNC(=O)CC(O)c1ccc(Cl)cc1)c1nnc(C2CC(OC(F)(F)F)C2)o1. The lowest BCUT2D eigenvalue weighted by Gasteiger charge is -2.32. The topological polar surface area (TPSA) is 97.5 Å². The average molecular weight is 460 g/mol. The molecule has 168 valence electrons. The summed E-state index contributed by atoms with van der Waals surface area (Å²) in [6, 6.07) is 6.56. The van der Waals surface area contributed by atoms with Crippen molar-refractivity contribution in [2.45, 2.75) is 50.2 Å². The summed E-state index contributed by atoms with van der Waals surface area (Å²) in [5.41, 5.74) is 1.07. The Morgan fingerprint density at radius 3 is 2.65 bits per heavy atom. The standard InChI is InChI=1S/C20H21ClF3N3O4/c1-11(6-7-25-17(29)10-16(28)12-2-4-14(21)5-3-12)18-26-27-19(30-18)13-8-15(9-13)31-20(22,23)24/h2-5,13,15-16,28H,1,6-10H2,(H,25,29). The van der Waals surface area contributed by atoms with E-state index in [4.69, 9.17) is 16.0 Å². The van der Waals surface area contributed by atoms with Crippen molar-refractivity contribution in [2.75, 3.05) is 6.54 Å². The Bertz CT molecular complexity index is 911. The summed E-state index contributed by atoms with van der Waals surface area (Å²) in [6.45, 7) is 4.08. The van der Waals surface area contributed by atoms with Crippen LogP contribution < -0.4 is 5.32 Å². The minimum Gasteiger partial charge on any atom is -0.421 e. The quantitative estimate of drug-likeness (QED) is 0.584. The number of ether oxygens (including phenoxy) is 1. The van der Waals surface area contributed by atoms with Crippen LogP contribution in [0.2, 0.25) is 5.02 Å². The minimum atomic E-state index is -4.65. The van der Waals surface area contributed by atoms with E-state index in [1.54, 1.807) is 24.3 Å². The molecule has 11 heteroatoms. The first kappa shape index (κ1) is 23.2. The Kier molecular flexibility index (Phi) is 7.34. The number of carbonyl (C=O) groups is 1. The molecule has 0 radical (unpaired) electrons. The third kappa shape index (κ3) is 6.78. The van der Waals surface area contributed by atoms with E-state index >= 15 is 0 Å². The lowest BCUT2D eigenvalue weighted by atomic mass is 9.82. The number of amides is 1. The van der Waals surface area contributed by atoms with E-state index in [-0.39, 0.29) is 49.4 Å². The van der Waals surface area contributed by atoms with Gasteiger partial charge in [-0.25, -0.2) is 0 Å². The third-order valence-corrected chi connectivity index (χ3v) is 5.12.